The van der Waals surface area contributed by atoms with E-state index in [4.69, 9.17) is 46.4 Å². The van der Waals surface area contributed by atoms with Crippen molar-refractivity contribution in [3.63, 3.8) is 0 Å². The largest absolute Gasteiger partial charge is 0.352 e. The maximum atomic E-state index is 14.6. The van der Waals surface area contributed by atoms with Gasteiger partial charge in [-0.2, -0.15) is 0 Å². The molecule has 0 aromatic heterocycles. The molecule has 2 amide bonds. The van der Waals surface area contributed by atoms with E-state index in [0.29, 0.717) is 22.0 Å². The minimum Gasteiger partial charge on any atom is -0.352 e. The third-order valence-electron chi connectivity index (χ3n) is 7.69. The van der Waals surface area contributed by atoms with E-state index >= 15 is 0 Å². The van der Waals surface area contributed by atoms with Crippen LogP contribution in [0.4, 0.5) is 5.69 Å². The molecule has 12 heteroatoms. The van der Waals surface area contributed by atoms with Gasteiger partial charge in [-0.15, -0.1) is 0 Å². The lowest BCUT2D eigenvalue weighted by Gasteiger charge is -2.34. The van der Waals surface area contributed by atoms with Crippen LogP contribution in [0.15, 0.2) is 95.9 Å². The molecular weight excluding hydrogens is 700 g/mol. The normalized spacial score (nSPS) is 12.7. The Bertz CT molecular complexity index is 1780. The average molecular weight is 736 g/mol. The fourth-order valence-corrected chi connectivity index (χ4v) is 7.33. The standard InChI is InChI=1S/C35H35Cl4N3O4S/c1-4-24(3)40-35(44)33(17-25-9-6-5-7-10-25)41(21-30-31(38)11-8-12-32(30)39)34(43)22-42(28-19-26(36)18-27(37)20-28)47(45,46)29-15-13-23(2)14-16-29/h5-16,18-20,24,33H,4,17,21-22H2,1-3H3,(H,40,44)/t24-,33-/m1/s1. The van der Waals surface area contributed by atoms with Crippen LogP contribution < -0.4 is 9.62 Å². The van der Waals surface area contributed by atoms with Crippen molar-refractivity contribution in [3.8, 4) is 0 Å². The number of nitrogens with zero attached hydrogens (tertiary/aromatic N) is 2. The zero-order valence-electron chi connectivity index (χ0n) is 26.1. The van der Waals surface area contributed by atoms with Gasteiger partial charge in [0.15, 0.2) is 0 Å². The number of nitrogens with one attached hydrogen (secondary N) is 1. The number of hydrogen-bond acceptors (Lipinski definition) is 4. The molecule has 0 spiro atoms. The zero-order chi connectivity index (χ0) is 34.3. The highest BCUT2D eigenvalue weighted by molar-refractivity contribution is 7.92. The van der Waals surface area contributed by atoms with Crippen molar-refractivity contribution in [2.45, 2.75) is 57.1 Å². The Morgan fingerprint density at radius 3 is 2.00 bits per heavy atom. The Hall–Kier alpha value is -3.27. The first-order chi connectivity index (χ1) is 22.3. The number of anilines is 1. The van der Waals surface area contributed by atoms with Gasteiger partial charge in [0.25, 0.3) is 10.0 Å². The SMILES string of the molecule is CC[C@@H](C)NC(=O)[C@@H](Cc1ccccc1)N(Cc1c(Cl)cccc1Cl)C(=O)CN(c1cc(Cl)cc(Cl)c1)S(=O)(=O)c1ccc(C)cc1. The molecule has 0 bridgehead atoms. The lowest BCUT2D eigenvalue weighted by atomic mass is 10.0. The van der Waals surface area contributed by atoms with Crippen LogP contribution in [0.5, 0.6) is 0 Å². The van der Waals surface area contributed by atoms with Gasteiger partial charge in [-0.3, -0.25) is 13.9 Å². The van der Waals surface area contributed by atoms with Gasteiger partial charge >= 0.3 is 0 Å². The maximum absolute atomic E-state index is 14.6. The lowest BCUT2D eigenvalue weighted by Crippen LogP contribution is -2.54. The molecule has 0 aliphatic rings. The van der Waals surface area contributed by atoms with E-state index in [0.717, 1.165) is 15.4 Å². The topological polar surface area (TPSA) is 86.8 Å². The van der Waals surface area contributed by atoms with Crippen molar-refractivity contribution in [2.24, 2.45) is 0 Å². The van der Waals surface area contributed by atoms with E-state index in [9.17, 15) is 18.0 Å². The second-order valence-corrected chi connectivity index (χ2v) is 14.7. The molecule has 2 atom stereocenters. The molecule has 0 aliphatic heterocycles. The summed E-state index contributed by atoms with van der Waals surface area (Å²) in [4.78, 5) is 29.9. The molecule has 4 aromatic rings. The molecule has 0 saturated carbocycles. The highest BCUT2D eigenvalue weighted by Gasteiger charge is 2.35. The van der Waals surface area contributed by atoms with Gasteiger partial charge in [-0.25, -0.2) is 8.42 Å². The summed E-state index contributed by atoms with van der Waals surface area (Å²) in [6.07, 6.45) is 0.802. The van der Waals surface area contributed by atoms with Crippen LogP contribution in [0.2, 0.25) is 20.1 Å². The summed E-state index contributed by atoms with van der Waals surface area (Å²) < 4.78 is 29.4. The average Bonchev–Trinajstić information content (AvgIpc) is 3.02. The van der Waals surface area contributed by atoms with E-state index in [2.05, 4.69) is 5.32 Å². The van der Waals surface area contributed by atoms with Crippen molar-refractivity contribution >= 4 is 73.9 Å². The number of aryl methyl sites for hydroxylation is 1. The fourth-order valence-electron chi connectivity index (χ4n) is 4.90. The van der Waals surface area contributed by atoms with Crippen LogP contribution in [0, 0.1) is 6.92 Å². The molecule has 0 fully saturated rings. The highest BCUT2D eigenvalue weighted by Crippen LogP contribution is 2.32. The van der Waals surface area contributed by atoms with Gasteiger partial charge in [0.2, 0.25) is 11.8 Å². The summed E-state index contributed by atoms with van der Waals surface area (Å²) in [7, 11) is -4.33. The number of sulfonamides is 1. The van der Waals surface area contributed by atoms with E-state index in [-0.39, 0.29) is 39.6 Å². The number of carbonyl (C=O) groups is 2. The van der Waals surface area contributed by atoms with Crippen LogP contribution >= 0.6 is 46.4 Å². The predicted molar refractivity (Wildman–Crippen MR) is 191 cm³/mol. The molecule has 47 heavy (non-hydrogen) atoms. The smallest absolute Gasteiger partial charge is 0.264 e. The zero-order valence-corrected chi connectivity index (χ0v) is 29.9. The molecule has 0 radical (unpaired) electrons. The summed E-state index contributed by atoms with van der Waals surface area (Å²) in [5.74, 6) is -1.08. The Kier molecular flexibility index (Phi) is 12.6. The van der Waals surface area contributed by atoms with Gasteiger partial charge in [0.05, 0.1) is 10.6 Å². The van der Waals surface area contributed by atoms with Gasteiger partial charge in [-0.05, 0) is 68.3 Å². The second-order valence-electron chi connectivity index (χ2n) is 11.2. The number of halogens is 4. The molecule has 0 aliphatic carbocycles. The van der Waals surface area contributed by atoms with Crippen LogP contribution in [0.1, 0.15) is 37.0 Å². The Balaban J connectivity index is 1.87. The summed E-state index contributed by atoms with van der Waals surface area (Å²) in [6.45, 7) is 4.79. The maximum Gasteiger partial charge on any atom is 0.264 e. The van der Waals surface area contributed by atoms with Crippen molar-refractivity contribution in [3.05, 3.63) is 128 Å². The minimum absolute atomic E-state index is 0.0388. The summed E-state index contributed by atoms with van der Waals surface area (Å²) >= 11 is 25.8. The van der Waals surface area contributed by atoms with Crippen molar-refractivity contribution in [1.82, 2.24) is 10.2 Å². The number of hydrogen-bond donors (Lipinski definition) is 1. The monoisotopic (exact) mass is 733 g/mol. The quantitative estimate of drug-likeness (QED) is 0.150. The number of amides is 2. The Labute approximate surface area is 296 Å². The van der Waals surface area contributed by atoms with E-state index in [1.165, 1.54) is 35.2 Å². The first-order valence-electron chi connectivity index (χ1n) is 14.9. The molecule has 0 saturated heterocycles. The number of rotatable bonds is 13. The van der Waals surface area contributed by atoms with E-state index < -0.39 is 34.4 Å². The van der Waals surface area contributed by atoms with E-state index in [1.807, 2.05) is 51.1 Å². The first kappa shape index (κ1) is 36.6. The van der Waals surface area contributed by atoms with Crippen LogP contribution in [0.25, 0.3) is 0 Å². The van der Waals surface area contributed by atoms with Crippen molar-refractivity contribution in [2.75, 3.05) is 10.8 Å². The molecule has 0 unspecified atom stereocenters. The van der Waals surface area contributed by atoms with Gasteiger partial charge in [0.1, 0.15) is 12.6 Å². The van der Waals surface area contributed by atoms with Crippen LogP contribution in [-0.4, -0.2) is 43.8 Å². The van der Waals surface area contributed by atoms with Crippen LogP contribution in [0.3, 0.4) is 0 Å². The third kappa shape index (κ3) is 9.42. The van der Waals surface area contributed by atoms with Gasteiger partial charge < -0.3 is 10.2 Å². The second kappa shape index (κ2) is 16.2. The van der Waals surface area contributed by atoms with E-state index in [1.54, 1.807) is 30.3 Å². The summed E-state index contributed by atoms with van der Waals surface area (Å²) in [6, 6.07) is 23.5. The molecule has 4 aromatic carbocycles. The Morgan fingerprint density at radius 1 is 0.830 bits per heavy atom. The van der Waals surface area contributed by atoms with Gasteiger partial charge in [-0.1, -0.05) is 107 Å². The fraction of sp³-hybridized carbons (Fsp3) is 0.257. The molecule has 248 valence electrons. The molecule has 0 heterocycles. The summed E-state index contributed by atoms with van der Waals surface area (Å²) in [5.41, 5.74) is 2.15. The molecule has 7 nitrogen and oxygen atoms in total. The number of benzene rings is 4. The third-order valence-corrected chi connectivity index (χ3v) is 10.6. The lowest BCUT2D eigenvalue weighted by molar-refractivity contribution is -0.140. The number of carbonyl (C=O) groups excluding carboxylic acids is 2. The Morgan fingerprint density at radius 2 is 1.43 bits per heavy atom. The molecule has 4 rings (SSSR count). The highest BCUT2D eigenvalue weighted by atomic mass is 35.5. The molecule has 1 N–H and O–H groups in total. The summed E-state index contributed by atoms with van der Waals surface area (Å²) in [5, 5.41) is 3.94. The van der Waals surface area contributed by atoms with Crippen LogP contribution in [-0.2, 0) is 32.6 Å². The predicted octanol–water partition coefficient (Wildman–Crippen LogP) is 8.36. The van der Waals surface area contributed by atoms with Gasteiger partial charge in [0, 0.05) is 44.7 Å². The first-order valence-corrected chi connectivity index (χ1v) is 17.9. The van der Waals surface area contributed by atoms with Crippen molar-refractivity contribution < 1.29 is 18.0 Å². The minimum atomic E-state index is -4.33. The van der Waals surface area contributed by atoms with Crippen molar-refractivity contribution in [1.29, 1.82) is 0 Å². The molecular formula is C35H35Cl4N3O4S.